The van der Waals surface area contributed by atoms with Crippen LogP contribution in [0.15, 0.2) is 126 Å². The summed E-state index contributed by atoms with van der Waals surface area (Å²) in [5.74, 6) is -2.17. The van der Waals surface area contributed by atoms with Crippen LogP contribution in [0.4, 0.5) is 5.82 Å². The lowest BCUT2D eigenvalue weighted by atomic mass is 9.79. The number of aromatic nitrogens is 2. The van der Waals surface area contributed by atoms with Crippen LogP contribution in [-0.4, -0.2) is 192 Å². The first-order chi connectivity index (χ1) is 45.0. The average Bonchev–Trinajstić information content (AvgIpc) is 1.30. The Hall–Kier alpha value is -7.50. The van der Waals surface area contributed by atoms with E-state index >= 15 is 9.36 Å². The summed E-state index contributed by atoms with van der Waals surface area (Å²) in [7, 11) is -0.111. The van der Waals surface area contributed by atoms with Crippen molar-refractivity contribution in [3.05, 3.63) is 154 Å². The first-order valence-electron chi connectivity index (χ1n) is 30.7. The zero-order valence-electron chi connectivity index (χ0n) is 54.7. The number of benzene rings is 4. The summed E-state index contributed by atoms with van der Waals surface area (Å²) in [6.07, 6.45) is -11.1. The number of Topliss-reactive ketones (excluding diaryl/α,β-unsaturated/α-hetero) is 1. The number of nitrogen functional groups attached to an aromatic ring is 1. The number of ketones is 1. The number of esters is 3. The molecule has 0 spiro atoms. The van der Waals surface area contributed by atoms with Gasteiger partial charge in [-0.3, -0.25) is 37.6 Å². The number of nitrogens with two attached hydrogens (primary N) is 1. The van der Waals surface area contributed by atoms with Crippen LogP contribution in [0.25, 0.3) is 0 Å². The van der Waals surface area contributed by atoms with Gasteiger partial charge >= 0.3 is 31.3 Å². The standard InChI is InChI=1S/C66H86N5O22P/c1-41(2)71(42(3)4)94(78,87-39-37-84-35-33-82-32-34-83-36-38-85-64-55(68-43(5)72)58(89-46(8)75)57(88-45(7)74)53(90-64)40-86-44(6)73)93-61-60(91-63(62(61)81-11)70-31-30-54(67)69-65(70)77)59(56(76)47-18-14-12-15-19-47)92-66(48-20-16-13-17-21-48,49-22-26-51(79-9)27-23-49)50-24-28-52(80-10)29-25-50/h12-31,41-42,53,55,57-64H,32-40H2,1-11H3,(H,68,72)(H2,67,69,77)/t53-,55-,57+,58-,59?,60-,61-,62-,63-,64-,94?/m1/s1. The minimum Gasteiger partial charge on any atom is -0.497 e. The fourth-order valence-corrected chi connectivity index (χ4v) is 13.5. The topological polar surface area (TPSA) is 317 Å². The molecule has 0 bridgehead atoms. The van der Waals surface area contributed by atoms with E-state index in [4.69, 9.17) is 76.4 Å². The number of methoxy groups -OCH3 is 3. The van der Waals surface area contributed by atoms with Gasteiger partial charge in [0.2, 0.25) is 5.91 Å². The highest BCUT2D eigenvalue weighted by atomic mass is 31.2. The molecule has 0 radical (unpaired) electrons. The number of carbonyl (C=O) groups excluding carboxylic acids is 5. The predicted molar refractivity (Wildman–Crippen MR) is 339 cm³/mol. The quantitative estimate of drug-likeness (QED) is 0.0110. The van der Waals surface area contributed by atoms with E-state index < -0.39 is 122 Å². The summed E-state index contributed by atoms with van der Waals surface area (Å²) in [4.78, 5) is 82.2. The van der Waals surface area contributed by atoms with E-state index in [9.17, 15) is 24.0 Å². The third-order valence-corrected chi connectivity index (χ3v) is 17.6. The van der Waals surface area contributed by atoms with Crippen LogP contribution in [0.1, 0.15) is 88.7 Å². The molecule has 0 saturated carbocycles. The molecule has 512 valence electrons. The van der Waals surface area contributed by atoms with Crippen molar-refractivity contribution in [3.63, 3.8) is 0 Å². The third kappa shape index (κ3) is 19.1. The van der Waals surface area contributed by atoms with Crippen molar-refractivity contribution in [1.29, 1.82) is 0 Å². The second-order valence-corrected chi connectivity index (χ2v) is 24.2. The molecule has 94 heavy (non-hydrogen) atoms. The summed E-state index contributed by atoms with van der Waals surface area (Å²) < 4.78 is 110. The van der Waals surface area contributed by atoms with Crippen molar-refractivity contribution >= 4 is 43.2 Å². The SMILES string of the molecule is COc1ccc(C(OC(C(=O)c2ccccc2)[C@H]2O[C@@H](n3ccc(N)nc3=O)[C@H](OC)[C@@H]2OP(=O)(OCCOCCOCCOCCO[C@@H]2O[C@H](COC(C)=O)[C@H](OC(C)=O)[C@H](OC(C)=O)[C@H]2NC(C)=O)N(C(C)C)C(C)C)(c2ccccc2)c2ccc(OC)cc2)cc1. The van der Waals surface area contributed by atoms with Gasteiger partial charge in [0, 0.05) is 58.6 Å². The van der Waals surface area contributed by atoms with Gasteiger partial charge in [0.25, 0.3) is 0 Å². The fraction of sp³-hybridized carbons (Fsp3) is 0.500. The second-order valence-electron chi connectivity index (χ2n) is 22.4. The Bertz CT molecular complexity index is 3290. The third-order valence-electron chi connectivity index (χ3n) is 15.1. The average molecular weight is 1330 g/mol. The second kappa shape index (κ2) is 35.3. The van der Waals surface area contributed by atoms with Crippen molar-refractivity contribution in [2.75, 3.05) is 86.5 Å². The number of carbonyl (C=O) groups is 5. The molecule has 0 aliphatic carbocycles. The molecule has 27 nitrogen and oxygen atoms in total. The molecule has 4 aromatic carbocycles. The van der Waals surface area contributed by atoms with E-state index in [0.717, 1.165) is 18.4 Å². The van der Waals surface area contributed by atoms with Crippen molar-refractivity contribution < 1.29 is 99.2 Å². The Morgan fingerprint density at radius 3 is 1.67 bits per heavy atom. The zero-order chi connectivity index (χ0) is 68.1. The number of hydrogen-bond acceptors (Lipinski definition) is 24. The zero-order valence-corrected chi connectivity index (χ0v) is 55.6. The maximum absolute atomic E-state index is 16.2. The molecule has 1 amide bonds. The molecular formula is C66H86N5O22P. The maximum atomic E-state index is 16.2. The normalized spacial score (nSPS) is 21.5. The molecule has 11 atom stereocenters. The number of rotatable bonds is 36. The molecule has 3 N–H and O–H groups in total. The Morgan fingerprint density at radius 1 is 0.649 bits per heavy atom. The van der Waals surface area contributed by atoms with E-state index in [-0.39, 0.29) is 70.8 Å². The summed E-state index contributed by atoms with van der Waals surface area (Å²) in [6.45, 7) is 11.7. The molecular weight excluding hydrogens is 1250 g/mol. The van der Waals surface area contributed by atoms with Crippen LogP contribution in [-0.2, 0) is 90.5 Å². The number of anilines is 1. The van der Waals surface area contributed by atoms with Gasteiger partial charge in [-0.1, -0.05) is 84.9 Å². The predicted octanol–water partition coefficient (Wildman–Crippen LogP) is 6.37. The molecule has 2 unspecified atom stereocenters. The molecule has 28 heteroatoms. The molecule has 1 aromatic heterocycles. The minimum atomic E-state index is -4.59. The van der Waals surface area contributed by atoms with Crippen LogP contribution < -0.4 is 26.2 Å². The number of amides is 1. The van der Waals surface area contributed by atoms with Gasteiger partial charge in [-0.2, -0.15) is 4.98 Å². The van der Waals surface area contributed by atoms with E-state index in [0.29, 0.717) is 28.2 Å². The minimum absolute atomic E-state index is 0.0193. The molecule has 5 aromatic rings. The molecule has 2 aliphatic heterocycles. The van der Waals surface area contributed by atoms with Gasteiger partial charge in [-0.25, -0.2) is 14.0 Å². The van der Waals surface area contributed by atoms with Crippen molar-refractivity contribution in [2.45, 2.75) is 134 Å². The van der Waals surface area contributed by atoms with E-state index in [1.165, 1.54) is 33.2 Å². The highest BCUT2D eigenvalue weighted by molar-refractivity contribution is 7.51. The summed E-state index contributed by atoms with van der Waals surface area (Å²) >= 11 is 0. The Balaban J connectivity index is 1.10. The molecule has 2 saturated heterocycles. The van der Waals surface area contributed by atoms with Crippen molar-refractivity contribution in [2.24, 2.45) is 0 Å². The largest absolute Gasteiger partial charge is 0.497 e. The van der Waals surface area contributed by atoms with Crippen LogP contribution in [0.5, 0.6) is 11.5 Å². The molecule has 3 heterocycles. The highest BCUT2D eigenvalue weighted by Gasteiger charge is 2.58. The Labute approximate surface area is 546 Å². The first kappa shape index (κ1) is 73.9. The number of hydrogen-bond donors (Lipinski definition) is 2. The van der Waals surface area contributed by atoms with Crippen LogP contribution in [0, 0.1) is 0 Å². The summed E-state index contributed by atoms with van der Waals surface area (Å²) in [6, 6.07) is 31.6. The monoisotopic (exact) mass is 1330 g/mol. The van der Waals surface area contributed by atoms with Crippen molar-refractivity contribution in [1.82, 2.24) is 19.5 Å². The number of nitrogens with zero attached hydrogens (tertiary/aromatic N) is 3. The fourth-order valence-electron chi connectivity index (χ4n) is 11.3. The lowest BCUT2D eigenvalue weighted by Gasteiger charge is -2.44. The van der Waals surface area contributed by atoms with Gasteiger partial charge in [0.1, 0.15) is 60.0 Å². The Morgan fingerprint density at radius 2 is 1.17 bits per heavy atom. The first-order valence-corrected chi connectivity index (χ1v) is 32.2. The van der Waals surface area contributed by atoms with Gasteiger partial charge in [0.05, 0.1) is 67.1 Å². The lowest BCUT2D eigenvalue weighted by molar-refractivity contribution is -0.279. The smallest absolute Gasteiger partial charge is 0.409 e. The Kier molecular flexibility index (Phi) is 27.8. The molecule has 2 aliphatic rings. The molecule has 2 fully saturated rings. The lowest BCUT2D eigenvalue weighted by Crippen LogP contribution is -2.66. The van der Waals surface area contributed by atoms with Gasteiger partial charge < -0.3 is 72.6 Å². The summed E-state index contributed by atoms with van der Waals surface area (Å²) in [5.41, 5.74) is 5.51. The van der Waals surface area contributed by atoms with E-state index in [2.05, 4.69) is 10.3 Å². The summed E-state index contributed by atoms with van der Waals surface area (Å²) in [5, 5.41) is 2.64. The molecule has 7 rings (SSSR count). The number of ether oxygens (including phenoxy) is 13. The number of nitrogens with one attached hydrogen (secondary N) is 1. The van der Waals surface area contributed by atoms with Crippen LogP contribution >= 0.6 is 7.75 Å². The maximum Gasteiger partial charge on any atom is 0.409 e. The van der Waals surface area contributed by atoms with Crippen LogP contribution in [0.2, 0.25) is 0 Å². The van der Waals surface area contributed by atoms with Crippen molar-refractivity contribution in [3.8, 4) is 11.5 Å². The highest BCUT2D eigenvalue weighted by Crippen LogP contribution is 2.58. The van der Waals surface area contributed by atoms with Gasteiger partial charge in [-0.15, -0.1) is 0 Å². The van der Waals surface area contributed by atoms with E-state index in [1.54, 1.807) is 73.5 Å². The van der Waals surface area contributed by atoms with Crippen LogP contribution in [0.3, 0.4) is 0 Å². The van der Waals surface area contributed by atoms with Gasteiger partial charge in [0.15, 0.2) is 36.6 Å². The van der Waals surface area contributed by atoms with E-state index in [1.807, 2.05) is 82.3 Å². The van der Waals surface area contributed by atoms with Gasteiger partial charge in [-0.05, 0) is 74.7 Å².